The van der Waals surface area contributed by atoms with Gasteiger partial charge in [-0.3, -0.25) is 9.36 Å². The van der Waals surface area contributed by atoms with Crippen molar-refractivity contribution in [2.45, 2.75) is 5.16 Å². The van der Waals surface area contributed by atoms with Gasteiger partial charge in [-0.15, -0.1) is 10.2 Å². The summed E-state index contributed by atoms with van der Waals surface area (Å²) < 4.78 is 7.10. The zero-order valence-electron chi connectivity index (χ0n) is 16.7. The number of hydrogen-bond acceptors (Lipinski definition) is 5. The number of aromatic nitrogens is 3. The van der Waals surface area contributed by atoms with Crippen LogP contribution < -0.4 is 10.1 Å². The van der Waals surface area contributed by atoms with Crippen molar-refractivity contribution in [3.05, 3.63) is 83.9 Å². The van der Waals surface area contributed by atoms with Crippen molar-refractivity contribution in [3.8, 4) is 22.8 Å². The van der Waals surface area contributed by atoms with E-state index in [1.165, 1.54) is 11.8 Å². The van der Waals surface area contributed by atoms with E-state index in [0.717, 1.165) is 11.3 Å². The van der Waals surface area contributed by atoms with Crippen molar-refractivity contribution in [2.24, 2.45) is 0 Å². The van der Waals surface area contributed by atoms with E-state index in [1.807, 2.05) is 77.4 Å². The van der Waals surface area contributed by atoms with Gasteiger partial charge in [0.05, 0.1) is 17.9 Å². The smallest absolute Gasteiger partial charge is 0.234 e. The van der Waals surface area contributed by atoms with Crippen molar-refractivity contribution >= 4 is 35.0 Å². The van der Waals surface area contributed by atoms with Gasteiger partial charge in [0.25, 0.3) is 0 Å². The molecule has 31 heavy (non-hydrogen) atoms. The number of hydrogen-bond donors (Lipinski definition) is 1. The summed E-state index contributed by atoms with van der Waals surface area (Å²) in [5, 5.41) is 12.8. The van der Waals surface area contributed by atoms with Crippen molar-refractivity contribution < 1.29 is 9.53 Å². The highest BCUT2D eigenvalue weighted by Crippen LogP contribution is 2.31. The Hall–Kier alpha value is -3.29. The molecular weight excluding hydrogens is 432 g/mol. The molecule has 0 atom stereocenters. The van der Waals surface area contributed by atoms with Crippen LogP contribution in [-0.2, 0) is 4.79 Å². The van der Waals surface area contributed by atoms with Gasteiger partial charge in [0.2, 0.25) is 5.91 Å². The molecule has 0 spiro atoms. The van der Waals surface area contributed by atoms with Crippen LogP contribution in [-0.4, -0.2) is 33.5 Å². The van der Waals surface area contributed by atoms with E-state index in [0.29, 0.717) is 27.4 Å². The number of amides is 1. The Bertz CT molecular complexity index is 1200. The monoisotopic (exact) mass is 450 g/mol. The fourth-order valence-corrected chi connectivity index (χ4v) is 3.99. The standard InChI is InChI=1S/C23H19ClN4O2S/c1-30-18-11-7-8-16(14-18)25-21(29)15-31-23-27-26-22(19-12-5-6-13-20(19)24)28(23)17-9-3-2-4-10-17/h2-14H,15H2,1H3,(H,25,29). The van der Waals surface area contributed by atoms with Crippen LogP contribution in [0.1, 0.15) is 0 Å². The molecule has 0 saturated carbocycles. The van der Waals surface area contributed by atoms with Crippen LogP contribution in [0.3, 0.4) is 0 Å². The van der Waals surface area contributed by atoms with Crippen molar-refractivity contribution in [1.82, 2.24) is 14.8 Å². The molecule has 1 heterocycles. The molecule has 3 aromatic carbocycles. The molecule has 0 unspecified atom stereocenters. The first kappa shape index (κ1) is 21.0. The molecule has 6 nitrogen and oxygen atoms in total. The molecule has 156 valence electrons. The summed E-state index contributed by atoms with van der Waals surface area (Å²) in [6.07, 6.45) is 0. The van der Waals surface area contributed by atoms with Gasteiger partial charge in [-0.1, -0.05) is 59.8 Å². The van der Waals surface area contributed by atoms with Crippen LogP contribution in [0, 0.1) is 0 Å². The first-order valence-electron chi connectivity index (χ1n) is 9.48. The Morgan fingerprint density at radius 1 is 1.03 bits per heavy atom. The number of nitrogens with zero attached hydrogens (tertiary/aromatic N) is 3. The highest BCUT2D eigenvalue weighted by atomic mass is 35.5. The van der Waals surface area contributed by atoms with Crippen LogP contribution in [0.4, 0.5) is 5.69 Å². The first-order chi connectivity index (χ1) is 15.2. The molecule has 0 bridgehead atoms. The molecule has 0 aliphatic carbocycles. The van der Waals surface area contributed by atoms with Gasteiger partial charge in [0.15, 0.2) is 11.0 Å². The van der Waals surface area contributed by atoms with E-state index < -0.39 is 0 Å². The Morgan fingerprint density at radius 2 is 1.81 bits per heavy atom. The zero-order valence-corrected chi connectivity index (χ0v) is 18.2. The number of benzene rings is 3. The Labute approximate surface area is 189 Å². The summed E-state index contributed by atoms with van der Waals surface area (Å²) in [6, 6.07) is 24.5. The second-order valence-corrected chi connectivity index (χ2v) is 7.88. The third-order valence-electron chi connectivity index (χ3n) is 4.45. The minimum atomic E-state index is -0.153. The maximum atomic E-state index is 12.5. The fourth-order valence-electron chi connectivity index (χ4n) is 3.02. The Balaban J connectivity index is 1.58. The fraction of sp³-hybridized carbons (Fsp3) is 0.0870. The highest BCUT2D eigenvalue weighted by molar-refractivity contribution is 7.99. The number of nitrogens with one attached hydrogen (secondary N) is 1. The van der Waals surface area contributed by atoms with Crippen LogP contribution >= 0.6 is 23.4 Å². The van der Waals surface area contributed by atoms with Crippen LogP contribution in [0.15, 0.2) is 84.0 Å². The molecule has 8 heteroatoms. The second-order valence-electron chi connectivity index (χ2n) is 6.53. The maximum Gasteiger partial charge on any atom is 0.234 e. The van der Waals surface area contributed by atoms with Gasteiger partial charge in [-0.05, 0) is 36.4 Å². The van der Waals surface area contributed by atoms with Crippen molar-refractivity contribution in [1.29, 1.82) is 0 Å². The molecule has 0 aliphatic heterocycles. The number of ether oxygens (including phenoxy) is 1. The average Bonchev–Trinajstić information content (AvgIpc) is 3.22. The largest absolute Gasteiger partial charge is 0.497 e. The molecular formula is C23H19ClN4O2S. The molecule has 1 aromatic heterocycles. The molecule has 4 aromatic rings. The van der Waals surface area contributed by atoms with Gasteiger partial charge in [0, 0.05) is 23.0 Å². The van der Waals surface area contributed by atoms with E-state index in [1.54, 1.807) is 13.2 Å². The molecule has 0 fully saturated rings. The number of thioether (sulfide) groups is 1. The number of carbonyl (C=O) groups excluding carboxylic acids is 1. The lowest BCUT2D eigenvalue weighted by Gasteiger charge is -2.11. The third kappa shape index (κ3) is 4.90. The number of halogens is 1. The predicted octanol–water partition coefficient (Wildman–Crippen LogP) is 5.33. The van der Waals surface area contributed by atoms with Crippen molar-refractivity contribution in [2.75, 3.05) is 18.2 Å². The SMILES string of the molecule is COc1cccc(NC(=O)CSc2nnc(-c3ccccc3Cl)n2-c2ccccc2)c1. The van der Waals surface area contributed by atoms with E-state index in [-0.39, 0.29) is 11.7 Å². The molecule has 4 rings (SSSR count). The quantitative estimate of drug-likeness (QED) is 0.385. The Morgan fingerprint density at radius 3 is 2.58 bits per heavy atom. The summed E-state index contributed by atoms with van der Waals surface area (Å²) in [5.41, 5.74) is 2.33. The molecule has 1 amide bonds. The minimum Gasteiger partial charge on any atom is -0.497 e. The average molecular weight is 451 g/mol. The lowest BCUT2D eigenvalue weighted by atomic mass is 10.2. The molecule has 0 saturated heterocycles. The molecule has 0 radical (unpaired) electrons. The number of anilines is 1. The number of carbonyl (C=O) groups is 1. The zero-order chi connectivity index (χ0) is 21.6. The summed E-state index contributed by atoms with van der Waals surface area (Å²) in [4.78, 5) is 12.5. The second kappa shape index (κ2) is 9.68. The summed E-state index contributed by atoms with van der Waals surface area (Å²) in [5.74, 6) is 1.32. The van der Waals surface area contributed by atoms with Crippen LogP contribution in [0.25, 0.3) is 17.1 Å². The van der Waals surface area contributed by atoms with Crippen LogP contribution in [0.2, 0.25) is 5.02 Å². The lowest BCUT2D eigenvalue weighted by molar-refractivity contribution is -0.113. The normalized spacial score (nSPS) is 10.6. The van der Waals surface area contributed by atoms with E-state index in [4.69, 9.17) is 16.3 Å². The summed E-state index contributed by atoms with van der Waals surface area (Å²) in [7, 11) is 1.59. The summed E-state index contributed by atoms with van der Waals surface area (Å²) >= 11 is 7.71. The Kier molecular flexibility index (Phi) is 6.54. The van der Waals surface area contributed by atoms with Gasteiger partial charge in [-0.25, -0.2) is 0 Å². The number of methoxy groups -OCH3 is 1. The summed E-state index contributed by atoms with van der Waals surface area (Å²) in [6.45, 7) is 0. The number of para-hydroxylation sites is 1. The van der Waals surface area contributed by atoms with E-state index in [9.17, 15) is 4.79 Å². The topological polar surface area (TPSA) is 69.0 Å². The minimum absolute atomic E-state index is 0.153. The van der Waals surface area contributed by atoms with E-state index >= 15 is 0 Å². The predicted molar refractivity (Wildman–Crippen MR) is 124 cm³/mol. The van der Waals surface area contributed by atoms with Gasteiger partial charge < -0.3 is 10.1 Å². The van der Waals surface area contributed by atoms with Gasteiger partial charge in [-0.2, -0.15) is 0 Å². The third-order valence-corrected chi connectivity index (χ3v) is 5.71. The lowest BCUT2D eigenvalue weighted by Crippen LogP contribution is -2.14. The highest BCUT2D eigenvalue weighted by Gasteiger charge is 2.18. The van der Waals surface area contributed by atoms with Gasteiger partial charge in [0.1, 0.15) is 5.75 Å². The van der Waals surface area contributed by atoms with E-state index in [2.05, 4.69) is 15.5 Å². The van der Waals surface area contributed by atoms with Crippen LogP contribution in [0.5, 0.6) is 5.75 Å². The first-order valence-corrected chi connectivity index (χ1v) is 10.8. The van der Waals surface area contributed by atoms with Crippen molar-refractivity contribution in [3.63, 3.8) is 0 Å². The maximum absolute atomic E-state index is 12.5. The molecule has 1 N–H and O–H groups in total. The number of rotatable bonds is 7. The molecule has 0 aliphatic rings. The van der Waals surface area contributed by atoms with Gasteiger partial charge >= 0.3 is 0 Å².